The van der Waals surface area contributed by atoms with E-state index < -0.39 is 4.92 Å². The number of nitro benzene ring substituents is 1. The van der Waals surface area contributed by atoms with Crippen LogP contribution in [0.1, 0.15) is 33.1 Å². The van der Waals surface area contributed by atoms with Crippen LogP contribution in [0.4, 0.5) is 5.69 Å². The van der Waals surface area contributed by atoms with Crippen molar-refractivity contribution in [3.8, 4) is 5.75 Å². The Morgan fingerprint density at radius 2 is 2.00 bits per heavy atom. The molecule has 1 rings (SSSR count). The molecule has 0 heterocycles. The van der Waals surface area contributed by atoms with Gasteiger partial charge in [-0.15, -0.1) is 0 Å². The molecule has 0 N–H and O–H groups in total. The Kier molecular flexibility index (Phi) is 5.30. The molecule has 0 aliphatic heterocycles. The molecule has 0 amide bonds. The lowest BCUT2D eigenvalue weighted by Crippen LogP contribution is -2.17. The van der Waals surface area contributed by atoms with Gasteiger partial charge in [-0.1, -0.05) is 26.7 Å². The van der Waals surface area contributed by atoms with Crippen molar-refractivity contribution in [3.05, 3.63) is 34.4 Å². The molecule has 0 aromatic heterocycles. The lowest BCUT2D eigenvalue weighted by Gasteiger charge is -2.10. The molecule has 0 saturated carbocycles. The topological polar surface area (TPSA) is 69.4 Å². The summed E-state index contributed by atoms with van der Waals surface area (Å²) in [5, 5.41) is 10.5. The van der Waals surface area contributed by atoms with Crippen molar-refractivity contribution >= 4 is 11.7 Å². The van der Waals surface area contributed by atoms with Gasteiger partial charge in [-0.25, -0.2) is 0 Å². The average Bonchev–Trinajstić information content (AvgIpc) is 2.36. The van der Waals surface area contributed by atoms with E-state index in [-0.39, 0.29) is 17.6 Å². The fraction of sp³-hybridized carbons (Fsp3) is 0.462. The summed E-state index contributed by atoms with van der Waals surface area (Å²) >= 11 is 0. The van der Waals surface area contributed by atoms with Crippen molar-refractivity contribution in [2.24, 2.45) is 5.92 Å². The van der Waals surface area contributed by atoms with Gasteiger partial charge in [-0.3, -0.25) is 14.9 Å². The maximum absolute atomic E-state index is 11.7. The number of non-ortho nitro benzene ring substituents is 1. The van der Waals surface area contributed by atoms with Crippen molar-refractivity contribution in [2.75, 3.05) is 0 Å². The Hall–Kier alpha value is -1.91. The molecule has 98 valence electrons. The van der Waals surface area contributed by atoms with Crippen LogP contribution < -0.4 is 4.74 Å². The Morgan fingerprint density at radius 3 is 2.50 bits per heavy atom. The second-order valence-electron chi connectivity index (χ2n) is 4.22. The summed E-state index contributed by atoms with van der Waals surface area (Å²) in [7, 11) is 0. The third-order valence-corrected chi connectivity index (χ3v) is 2.66. The molecule has 18 heavy (non-hydrogen) atoms. The van der Waals surface area contributed by atoms with E-state index in [1.807, 2.05) is 6.92 Å². The zero-order valence-corrected chi connectivity index (χ0v) is 10.6. The van der Waals surface area contributed by atoms with Crippen LogP contribution in [0.3, 0.4) is 0 Å². The lowest BCUT2D eigenvalue weighted by molar-refractivity contribution is -0.384. The summed E-state index contributed by atoms with van der Waals surface area (Å²) in [6.45, 7) is 3.89. The Bertz CT molecular complexity index is 414. The maximum Gasteiger partial charge on any atom is 0.314 e. The molecular weight excluding hydrogens is 234 g/mol. The van der Waals surface area contributed by atoms with Gasteiger partial charge in [-0.2, -0.15) is 0 Å². The van der Waals surface area contributed by atoms with Gasteiger partial charge < -0.3 is 4.74 Å². The van der Waals surface area contributed by atoms with Gasteiger partial charge in [0.05, 0.1) is 10.8 Å². The highest BCUT2D eigenvalue weighted by molar-refractivity contribution is 5.74. The van der Waals surface area contributed by atoms with Crippen molar-refractivity contribution in [1.29, 1.82) is 0 Å². The number of rotatable bonds is 6. The van der Waals surface area contributed by atoms with E-state index in [4.69, 9.17) is 4.74 Å². The Labute approximate surface area is 106 Å². The number of hydrogen-bond acceptors (Lipinski definition) is 4. The number of esters is 1. The zero-order valence-electron chi connectivity index (χ0n) is 10.6. The van der Waals surface area contributed by atoms with Crippen LogP contribution in [0.2, 0.25) is 0 Å². The highest BCUT2D eigenvalue weighted by atomic mass is 16.6. The SMILES string of the molecule is CCCC[C@@H](C)C(=O)Oc1ccc([N+](=O)[O-])cc1. The molecule has 1 aromatic rings. The molecule has 0 spiro atoms. The first kappa shape index (κ1) is 14.2. The van der Waals surface area contributed by atoms with Crippen LogP contribution in [-0.2, 0) is 4.79 Å². The highest BCUT2D eigenvalue weighted by Crippen LogP contribution is 2.19. The monoisotopic (exact) mass is 251 g/mol. The van der Waals surface area contributed by atoms with E-state index in [0.29, 0.717) is 5.75 Å². The Balaban J connectivity index is 2.56. The molecule has 1 atom stereocenters. The number of hydrogen-bond donors (Lipinski definition) is 0. The van der Waals surface area contributed by atoms with Gasteiger partial charge in [0.15, 0.2) is 0 Å². The van der Waals surface area contributed by atoms with E-state index in [2.05, 4.69) is 6.92 Å². The lowest BCUT2D eigenvalue weighted by atomic mass is 10.1. The van der Waals surface area contributed by atoms with Gasteiger partial charge in [-0.05, 0) is 18.6 Å². The van der Waals surface area contributed by atoms with Gasteiger partial charge in [0, 0.05) is 12.1 Å². The fourth-order valence-electron chi connectivity index (χ4n) is 1.48. The van der Waals surface area contributed by atoms with Crippen LogP contribution in [0.5, 0.6) is 5.75 Å². The number of nitrogens with zero attached hydrogens (tertiary/aromatic N) is 1. The third kappa shape index (κ3) is 4.16. The molecule has 0 fully saturated rings. The highest BCUT2D eigenvalue weighted by Gasteiger charge is 2.15. The minimum absolute atomic E-state index is 0.0196. The molecule has 5 heteroatoms. The number of nitro groups is 1. The molecule has 0 saturated heterocycles. The van der Waals surface area contributed by atoms with Crippen molar-refractivity contribution in [2.45, 2.75) is 33.1 Å². The second kappa shape index (κ2) is 6.74. The summed E-state index contributed by atoms with van der Waals surface area (Å²) in [5.41, 5.74) is -0.0196. The first-order chi connectivity index (χ1) is 8.54. The van der Waals surface area contributed by atoms with E-state index in [9.17, 15) is 14.9 Å². The first-order valence-corrected chi connectivity index (χ1v) is 6.00. The molecule has 0 radical (unpaired) electrons. The van der Waals surface area contributed by atoms with Crippen LogP contribution in [0.25, 0.3) is 0 Å². The number of ether oxygens (including phenoxy) is 1. The van der Waals surface area contributed by atoms with Gasteiger partial charge in [0.25, 0.3) is 5.69 Å². The standard InChI is InChI=1S/C13H17NO4/c1-3-4-5-10(2)13(15)18-12-8-6-11(7-9-12)14(16)17/h6-10H,3-5H2,1-2H3/t10-/m1/s1. The van der Waals surface area contributed by atoms with E-state index in [0.717, 1.165) is 19.3 Å². The fourth-order valence-corrected chi connectivity index (χ4v) is 1.48. The van der Waals surface area contributed by atoms with Crippen LogP contribution >= 0.6 is 0 Å². The van der Waals surface area contributed by atoms with E-state index >= 15 is 0 Å². The summed E-state index contributed by atoms with van der Waals surface area (Å²) in [5.74, 6) is -0.105. The van der Waals surface area contributed by atoms with Crippen molar-refractivity contribution in [3.63, 3.8) is 0 Å². The third-order valence-electron chi connectivity index (χ3n) is 2.66. The minimum Gasteiger partial charge on any atom is -0.426 e. The number of carbonyl (C=O) groups excluding carboxylic acids is 1. The normalized spacial score (nSPS) is 11.9. The van der Waals surface area contributed by atoms with Crippen molar-refractivity contribution < 1.29 is 14.5 Å². The average molecular weight is 251 g/mol. The van der Waals surface area contributed by atoms with Gasteiger partial charge in [0.2, 0.25) is 0 Å². The molecule has 0 bridgehead atoms. The molecule has 0 unspecified atom stereocenters. The molecule has 0 aliphatic rings. The zero-order chi connectivity index (χ0) is 13.5. The molecular formula is C13H17NO4. The van der Waals surface area contributed by atoms with Gasteiger partial charge in [0.1, 0.15) is 5.75 Å². The predicted molar refractivity (Wildman–Crippen MR) is 67.4 cm³/mol. The first-order valence-electron chi connectivity index (χ1n) is 6.00. The number of carbonyl (C=O) groups is 1. The molecule has 5 nitrogen and oxygen atoms in total. The minimum atomic E-state index is -0.491. The smallest absolute Gasteiger partial charge is 0.314 e. The predicted octanol–water partition coefficient (Wildman–Crippen LogP) is 3.33. The quantitative estimate of drug-likeness (QED) is 0.336. The van der Waals surface area contributed by atoms with E-state index in [1.54, 1.807) is 0 Å². The van der Waals surface area contributed by atoms with Crippen LogP contribution in [0.15, 0.2) is 24.3 Å². The summed E-state index contributed by atoms with van der Waals surface area (Å²) in [6, 6.07) is 5.50. The van der Waals surface area contributed by atoms with Crippen LogP contribution in [0, 0.1) is 16.0 Å². The second-order valence-corrected chi connectivity index (χ2v) is 4.22. The van der Waals surface area contributed by atoms with Crippen LogP contribution in [-0.4, -0.2) is 10.9 Å². The van der Waals surface area contributed by atoms with Crippen molar-refractivity contribution in [1.82, 2.24) is 0 Å². The summed E-state index contributed by atoms with van der Waals surface area (Å²) in [6.07, 6.45) is 2.81. The maximum atomic E-state index is 11.7. The van der Waals surface area contributed by atoms with E-state index in [1.165, 1.54) is 24.3 Å². The van der Waals surface area contributed by atoms with Gasteiger partial charge >= 0.3 is 5.97 Å². The summed E-state index contributed by atoms with van der Waals surface area (Å²) in [4.78, 5) is 21.6. The number of unbranched alkanes of at least 4 members (excludes halogenated alkanes) is 1. The Morgan fingerprint density at radius 1 is 1.39 bits per heavy atom. The number of benzene rings is 1. The molecule has 0 aliphatic carbocycles. The largest absolute Gasteiger partial charge is 0.426 e. The summed E-state index contributed by atoms with van der Waals surface area (Å²) < 4.78 is 5.15. The molecule has 1 aromatic carbocycles.